The van der Waals surface area contributed by atoms with E-state index in [1.54, 1.807) is 13.8 Å². The summed E-state index contributed by atoms with van der Waals surface area (Å²) in [7, 11) is -2.45. The van der Waals surface area contributed by atoms with E-state index in [2.05, 4.69) is 16.5 Å². The molecule has 2 aromatic rings. The lowest BCUT2D eigenvalue weighted by Crippen LogP contribution is -2.40. The van der Waals surface area contributed by atoms with Gasteiger partial charge < -0.3 is 9.84 Å². The summed E-state index contributed by atoms with van der Waals surface area (Å²) in [6, 6.07) is 7.96. The van der Waals surface area contributed by atoms with Gasteiger partial charge in [0.05, 0.1) is 12.6 Å². The summed E-state index contributed by atoms with van der Waals surface area (Å²) < 4.78 is 31.4. The van der Waals surface area contributed by atoms with Crippen LogP contribution >= 0.6 is 0 Å². The molecule has 1 aliphatic rings. The highest BCUT2D eigenvalue weighted by Gasteiger charge is 2.30. The first-order valence-electron chi connectivity index (χ1n) is 8.57. The molecule has 0 spiro atoms. The first-order chi connectivity index (χ1) is 12.3. The molecule has 1 aliphatic carbocycles. The van der Waals surface area contributed by atoms with E-state index in [-0.39, 0.29) is 34.8 Å². The van der Waals surface area contributed by atoms with Gasteiger partial charge in [-0.05, 0) is 44.2 Å². The SMILES string of the molecule is Cc1noc(C)c1S(=O)(=O)N(C)CC(=O)N[C@H]1CCCc2ccccc21. The van der Waals surface area contributed by atoms with Gasteiger partial charge in [-0.2, -0.15) is 4.31 Å². The number of benzene rings is 1. The molecule has 0 aliphatic heterocycles. The molecule has 26 heavy (non-hydrogen) atoms. The van der Waals surface area contributed by atoms with Crippen molar-refractivity contribution in [3.63, 3.8) is 0 Å². The fourth-order valence-corrected chi connectivity index (χ4v) is 4.84. The summed E-state index contributed by atoms with van der Waals surface area (Å²) in [6.07, 6.45) is 2.85. The number of carbonyl (C=O) groups is 1. The maximum atomic E-state index is 12.7. The third-order valence-electron chi connectivity index (χ3n) is 4.71. The smallest absolute Gasteiger partial charge is 0.248 e. The van der Waals surface area contributed by atoms with Gasteiger partial charge in [-0.25, -0.2) is 8.42 Å². The number of nitrogens with one attached hydrogen (secondary N) is 1. The van der Waals surface area contributed by atoms with Crippen molar-refractivity contribution in [1.29, 1.82) is 0 Å². The zero-order valence-corrected chi connectivity index (χ0v) is 16.0. The molecule has 1 N–H and O–H groups in total. The minimum atomic E-state index is -3.84. The molecule has 7 nitrogen and oxygen atoms in total. The molecular weight excluding hydrogens is 354 g/mol. The third kappa shape index (κ3) is 3.52. The van der Waals surface area contributed by atoms with Crippen LogP contribution in [0.3, 0.4) is 0 Å². The molecule has 1 aromatic heterocycles. The largest absolute Gasteiger partial charge is 0.360 e. The van der Waals surface area contributed by atoms with Gasteiger partial charge in [0.15, 0.2) is 5.76 Å². The lowest BCUT2D eigenvalue weighted by Gasteiger charge is -2.27. The number of carbonyl (C=O) groups excluding carboxylic acids is 1. The van der Waals surface area contributed by atoms with Gasteiger partial charge in [0.1, 0.15) is 10.6 Å². The molecule has 0 fully saturated rings. The van der Waals surface area contributed by atoms with E-state index in [1.165, 1.54) is 12.6 Å². The van der Waals surface area contributed by atoms with Gasteiger partial charge in [0.2, 0.25) is 15.9 Å². The van der Waals surface area contributed by atoms with Crippen molar-refractivity contribution in [2.75, 3.05) is 13.6 Å². The Bertz CT molecular complexity index is 901. The van der Waals surface area contributed by atoms with Crippen molar-refractivity contribution < 1.29 is 17.7 Å². The Morgan fingerprint density at radius 3 is 2.77 bits per heavy atom. The molecule has 0 radical (unpaired) electrons. The Morgan fingerprint density at radius 2 is 2.08 bits per heavy atom. The van der Waals surface area contributed by atoms with Crippen molar-refractivity contribution >= 4 is 15.9 Å². The molecular formula is C18H23N3O4S. The molecule has 1 amide bonds. The number of aromatic nitrogens is 1. The Balaban J connectivity index is 1.71. The van der Waals surface area contributed by atoms with Crippen LogP contribution in [0.5, 0.6) is 0 Å². The number of hydrogen-bond donors (Lipinski definition) is 1. The van der Waals surface area contributed by atoms with Crippen molar-refractivity contribution in [2.45, 2.75) is 44.0 Å². The van der Waals surface area contributed by atoms with Crippen molar-refractivity contribution in [3.05, 3.63) is 46.8 Å². The first kappa shape index (κ1) is 18.6. The molecule has 0 bridgehead atoms. The molecule has 0 saturated heterocycles. The number of amides is 1. The van der Waals surface area contributed by atoms with Crippen LogP contribution in [0.25, 0.3) is 0 Å². The molecule has 0 saturated carbocycles. The second kappa shape index (κ2) is 7.20. The van der Waals surface area contributed by atoms with E-state index in [4.69, 9.17) is 4.52 Å². The number of fused-ring (bicyclic) bond motifs is 1. The van der Waals surface area contributed by atoms with E-state index in [9.17, 15) is 13.2 Å². The number of sulfonamides is 1. The average molecular weight is 377 g/mol. The monoisotopic (exact) mass is 377 g/mol. The summed E-state index contributed by atoms with van der Waals surface area (Å²) in [6.45, 7) is 2.85. The second-order valence-electron chi connectivity index (χ2n) is 6.63. The van der Waals surface area contributed by atoms with E-state index in [0.717, 1.165) is 29.1 Å². The molecule has 140 valence electrons. The lowest BCUT2D eigenvalue weighted by molar-refractivity contribution is -0.122. The number of likely N-dealkylation sites (N-methyl/N-ethyl adjacent to an activating group) is 1. The Labute approximate surface area is 153 Å². The average Bonchev–Trinajstić information content (AvgIpc) is 2.94. The number of hydrogen-bond acceptors (Lipinski definition) is 5. The second-order valence-corrected chi connectivity index (χ2v) is 8.61. The topological polar surface area (TPSA) is 92.5 Å². The third-order valence-corrected chi connectivity index (χ3v) is 6.76. The highest BCUT2D eigenvalue weighted by molar-refractivity contribution is 7.89. The van der Waals surface area contributed by atoms with Gasteiger partial charge in [-0.15, -0.1) is 0 Å². The van der Waals surface area contributed by atoms with Crippen LogP contribution in [-0.2, 0) is 21.2 Å². The Morgan fingerprint density at radius 1 is 1.35 bits per heavy atom. The van der Waals surface area contributed by atoms with Crippen molar-refractivity contribution in [3.8, 4) is 0 Å². The molecule has 1 atom stereocenters. The highest BCUT2D eigenvalue weighted by Crippen LogP contribution is 2.29. The first-order valence-corrected chi connectivity index (χ1v) is 10.0. The lowest BCUT2D eigenvalue weighted by atomic mass is 9.88. The van der Waals surface area contributed by atoms with Gasteiger partial charge in [0.25, 0.3) is 0 Å². The van der Waals surface area contributed by atoms with E-state index in [1.807, 2.05) is 18.2 Å². The van der Waals surface area contributed by atoms with Crippen LogP contribution in [0, 0.1) is 13.8 Å². The van der Waals surface area contributed by atoms with E-state index in [0.29, 0.717) is 0 Å². The summed E-state index contributed by atoms with van der Waals surface area (Å²) in [5.41, 5.74) is 2.64. The molecule has 1 heterocycles. The van der Waals surface area contributed by atoms with Crippen LogP contribution in [0.1, 0.15) is 41.5 Å². The molecule has 8 heteroatoms. The quantitative estimate of drug-likeness (QED) is 0.861. The Hall–Kier alpha value is -2.19. The Kier molecular flexibility index (Phi) is 5.15. The fourth-order valence-electron chi connectivity index (χ4n) is 3.43. The summed E-state index contributed by atoms with van der Waals surface area (Å²) in [5, 5.41) is 6.65. The predicted octanol–water partition coefficient (Wildman–Crippen LogP) is 2.11. The highest BCUT2D eigenvalue weighted by atomic mass is 32.2. The standard InChI is InChI=1S/C18H23N3O4S/c1-12-18(13(2)25-20-12)26(23,24)21(3)11-17(22)19-16-10-6-8-14-7-4-5-9-15(14)16/h4-5,7,9,16H,6,8,10-11H2,1-3H3,(H,19,22)/t16-/m0/s1. The normalized spacial score (nSPS) is 17.2. The number of aryl methyl sites for hydroxylation is 3. The van der Waals surface area contributed by atoms with E-state index >= 15 is 0 Å². The van der Waals surface area contributed by atoms with Crippen LogP contribution in [0.15, 0.2) is 33.7 Å². The zero-order valence-electron chi connectivity index (χ0n) is 15.2. The van der Waals surface area contributed by atoms with Gasteiger partial charge in [0, 0.05) is 7.05 Å². The minimum Gasteiger partial charge on any atom is -0.360 e. The zero-order chi connectivity index (χ0) is 18.9. The minimum absolute atomic E-state index is 0.0239. The van der Waals surface area contributed by atoms with Crippen LogP contribution < -0.4 is 5.32 Å². The van der Waals surface area contributed by atoms with Crippen LogP contribution in [0.2, 0.25) is 0 Å². The van der Waals surface area contributed by atoms with Crippen LogP contribution in [0.4, 0.5) is 0 Å². The van der Waals surface area contributed by atoms with Gasteiger partial charge in [-0.3, -0.25) is 4.79 Å². The maximum Gasteiger partial charge on any atom is 0.248 e. The summed E-state index contributed by atoms with van der Waals surface area (Å²) in [4.78, 5) is 12.5. The number of nitrogens with zero attached hydrogens (tertiary/aromatic N) is 2. The predicted molar refractivity (Wildman–Crippen MR) is 96.1 cm³/mol. The summed E-state index contributed by atoms with van der Waals surface area (Å²) in [5.74, 6) is -0.111. The van der Waals surface area contributed by atoms with Crippen molar-refractivity contribution in [2.24, 2.45) is 0 Å². The molecule has 1 aromatic carbocycles. The maximum absolute atomic E-state index is 12.7. The number of rotatable bonds is 5. The van der Waals surface area contributed by atoms with Gasteiger partial charge >= 0.3 is 0 Å². The molecule has 3 rings (SSSR count). The fraction of sp³-hybridized carbons (Fsp3) is 0.444. The van der Waals surface area contributed by atoms with Gasteiger partial charge in [-0.1, -0.05) is 29.4 Å². The van der Waals surface area contributed by atoms with Crippen LogP contribution in [-0.4, -0.2) is 37.4 Å². The van der Waals surface area contributed by atoms with E-state index < -0.39 is 10.0 Å². The van der Waals surface area contributed by atoms with Crippen molar-refractivity contribution in [1.82, 2.24) is 14.8 Å². The summed E-state index contributed by atoms with van der Waals surface area (Å²) >= 11 is 0. The molecule has 0 unspecified atom stereocenters.